The summed E-state index contributed by atoms with van der Waals surface area (Å²) in [5.74, 6) is 0. The maximum absolute atomic E-state index is 12.0. The molecule has 0 radical (unpaired) electrons. The van der Waals surface area contributed by atoms with Crippen molar-refractivity contribution in [2.75, 3.05) is 18.3 Å². The van der Waals surface area contributed by atoms with Crippen molar-refractivity contribution >= 4 is 39.0 Å². The smallest absolute Gasteiger partial charge is 0.271 e. The van der Waals surface area contributed by atoms with Gasteiger partial charge < -0.3 is 0 Å². The lowest BCUT2D eigenvalue weighted by molar-refractivity contribution is 0.491. The van der Waals surface area contributed by atoms with Crippen LogP contribution >= 0.6 is 23.1 Å². The first-order valence-electron chi connectivity index (χ1n) is 5.76. The van der Waals surface area contributed by atoms with E-state index in [1.54, 1.807) is 31.2 Å². The highest BCUT2D eigenvalue weighted by atomic mass is 35.5. The summed E-state index contributed by atoms with van der Waals surface area (Å²) >= 11 is 7.06. The first kappa shape index (κ1) is 15.2. The highest BCUT2D eigenvalue weighted by Gasteiger charge is 2.16. The fourth-order valence-corrected chi connectivity index (χ4v) is 3.08. The number of hydrogen-bond acceptors (Lipinski definition) is 5. The molecule has 0 amide bonds. The minimum atomic E-state index is -3.54. The third kappa shape index (κ3) is 3.26. The topological polar surface area (TPSA) is 75.2 Å². The maximum atomic E-state index is 12.0. The molecule has 0 saturated carbocycles. The molecule has 1 aromatic carbocycles. The molecule has 0 unspecified atom stereocenters. The molecule has 0 bridgehead atoms. The number of benzene rings is 1. The molecule has 1 aromatic heterocycles. The lowest BCUT2D eigenvalue weighted by Crippen LogP contribution is -2.32. The number of rotatable bonds is 5. The number of anilines is 1. The molecule has 0 aliphatic carbocycles. The van der Waals surface area contributed by atoms with Gasteiger partial charge in [0.1, 0.15) is 10.0 Å². The van der Waals surface area contributed by atoms with Crippen molar-refractivity contribution in [2.45, 2.75) is 6.92 Å². The van der Waals surface area contributed by atoms with Gasteiger partial charge in [0.25, 0.3) is 0 Å². The van der Waals surface area contributed by atoms with Gasteiger partial charge in [-0.05, 0) is 12.1 Å². The van der Waals surface area contributed by atoms with Crippen LogP contribution in [0.15, 0.2) is 24.3 Å². The SMILES string of the molecule is CCN(C)S(=O)(=O)Nc1cccc(-c2nnsc2Cl)c1. The van der Waals surface area contributed by atoms with Gasteiger partial charge in [-0.1, -0.05) is 35.1 Å². The summed E-state index contributed by atoms with van der Waals surface area (Å²) in [7, 11) is -2.03. The Kier molecular flexibility index (Phi) is 4.59. The van der Waals surface area contributed by atoms with Crippen LogP contribution in [0.1, 0.15) is 6.92 Å². The molecule has 1 heterocycles. The van der Waals surface area contributed by atoms with Gasteiger partial charge in [-0.25, -0.2) is 0 Å². The summed E-state index contributed by atoms with van der Waals surface area (Å²) in [4.78, 5) is 0. The zero-order valence-corrected chi connectivity index (χ0v) is 13.3. The summed E-state index contributed by atoms with van der Waals surface area (Å²) in [5.41, 5.74) is 1.71. The Morgan fingerprint density at radius 1 is 1.45 bits per heavy atom. The first-order chi connectivity index (χ1) is 9.44. The van der Waals surface area contributed by atoms with E-state index >= 15 is 0 Å². The summed E-state index contributed by atoms with van der Waals surface area (Å²) in [6.07, 6.45) is 0. The molecule has 1 N–H and O–H groups in total. The molecule has 0 fully saturated rings. The van der Waals surface area contributed by atoms with Gasteiger partial charge in [-0.2, -0.15) is 12.7 Å². The second kappa shape index (κ2) is 6.04. The molecular weight excluding hydrogens is 320 g/mol. The lowest BCUT2D eigenvalue weighted by Gasteiger charge is -2.16. The molecule has 6 nitrogen and oxygen atoms in total. The highest BCUT2D eigenvalue weighted by molar-refractivity contribution is 7.90. The summed E-state index contributed by atoms with van der Waals surface area (Å²) in [6.45, 7) is 2.15. The van der Waals surface area contributed by atoms with Crippen LogP contribution in [-0.4, -0.2) is 35.9 Å². The Morgan fingerprint density at radius 2 is 2.20 bits per heavy atom. The van der Waals surface area contributed by atoms with Crippen LogP contribution in [0.5, 0.6) is 0 Å². The van der Waals surface area contributed by atoms with Gasteiger partial charge in [0.05, 0.1) is 5.69 Å². The normalized spacial score (nSPS) is 11.8. The summed E-state index contributed by atoms with van der Waals surface area (Å²) in [5, 5.41) is 3.92. The van der Waals surface area contributed by atoms with E-state index in [1.165, 1.54) is 11.4 Å². The fraction of sp³-hybridized carbons (Fsp3) is 0.273. The van der Waals surface area contributed by atoms with Crippen molar-refractivity contribution in [3.8, 4) is 11.3 Å². The van der Waals surface area contributed by atoms with Crippen LogP contribution in [0.25, 0.3) is 11.3 Å². The molecule has 2 aromatic rings. The lowest BCUT2D eigenvalue weighted by atomic mass is 10.1. The van der Waals surface area contributed by atoms with Crippen LogP contribution in [-0.2, 0) is 10.2 Å². The van der Waals surface area contributed by atoms with E-state index in [-0.39, 0.29) is 0 Å². The Morgan fingerprint density at radius 3 is 2.80 bits per heavy atom. The van der Waals surface area contributed by atoms with Crippen LogP contribution in [0.3, 0.4) is 0 Å². The third-order valence-electron chi connectivity index (χ3n) is 2.69. The number of hydrogen-bond donors (Lipinski definition) is 1. The highest BCUT2D eigenvalue weighted by Crippen LogP contribution is 2.29. The molecule has 9 heteroatoms. The maximum Gasteiger partial charge on any atom is 0.301 e. The van der Waals surface area contributed by atoms with Crippen molar-refractivity contribution in [2.24, 2.45) is 0 Å². The minimum Gasteiger partial charge on any atom is -0.271 e. The minimum absolute atomic E-state index is 0.386. The number of aromatic nitrogens is 2. The van der Waals surface area contributed by atoms with Crippen molar-refractivity contribution in [1.82, 2.24) is 13.9 Å². The van der Waals surface area contributed by atoms with Gasteiger partial charge >= 0.3 is 10.2 Å². The Hall–Kier alpha value is -1.22. The van der Waals surface area contributed by atoms with Gasteiger partial charge in [0, 0.05) is 30.7 Å². The van der Waals surface area contributed by atoms with Gasteiger partial charge in [0.15, 0.2) is 0 Å². The van der Waals surface area contributed by atoms with E-state index in [9.17, 15) is 8.42 Å². The Labute approximate surface area is 126 Å². The van der Waals surface area contributed by atoms with Crippen LogP contribution in [0.4, 0.5) is 5.69 Å². The van der Waals surface area contributed by atoms with Crippen molar-refractivity contribution in [3.05, 3.63) is 28.6 Å². The summed E-state index contributed by atoms with van der Waals surface area (Å²) in [6, 6.07) is 6.86. The van der Waals surface area contributed by atoms with E-state index in [0.717, 1.165) is 11.5 Å². The van der Waals surface area contributed by atoms with Crippen LogP contribution in [0, 0.1) is 0 Å². The zero-order chi connectivity index (χ0) is 14.8. The summed E-state index contributed by atoms with van der Waals surface area (Å²) < 4.78 is 31.9. The van der Waals surface area contributed by atoms with Crippen LogP contribution in [0.2, 0.25) is 4.34 Å². The van der Waals surface area contributed by atoms with Gasteiger partial charge in [-0.15, -0.1) is 5.10 Å². The van der Waals surface area contributed by atoms with E-state index in [0.29, 0.717) is 27.8 Å². The predicted octanol–water partition coefficient (Wildman–Crippen LogP) is 2.47. The number of nitrogens with one attached hydrogen (secondary N) is 1. The largest absolute Gasteiger partial charge is 0.301 e. The van der Waals surface area contributed by atoms with Crippen molar-refractivity contribution < 1.29 is 8.42 Å². The molecule has 108 valence electrons. The Balaban J connectivity index is 2.30. The Bertz CT molecular complexity index is 702. The zero-order valence-electron chi connectivity index (χ0n) is 10.9. The predicted molar refractivity (Wildman–Crippen MR) is 81.2 cm³/mol. The standard InChI is InChI=1S/C11H13ClN4O2S2/c1-3-16(2)20(17,18)14-9-6-4-5-8(7-9)10-11(12)19-15-13-10/h4-7,14H,3H2,1-2H3. The number of nitrogens with zero attached hydrogens (tertiary/aromatic N) is 3. The second-order valence-electron chi connectivity index (χ2n) is 4.00. The molecule has 20 heavy (non-hydrogen) atoms. The van der Waals surface area contributed by atoms with E-state index in [1.807, 2.05) is 0 Å². The molecule has 0 aliphatic heterocycles. The average Bonchev–Trinajstić information content (AvgIpc) is 2.83. The van der Waals surface area contributed by atoms with E-state index < -0.39 is 10.2 Å². The molecule has 0 aliphatic rings. The molecular formula is C11H13ClN4O2S2. The molecule has 0 atom stereocenters. The van der Waals surface area contributed by atoms with Crippen molar-refractivity contribution in [3.63, 3.8) is 0 Å². The number of halogens is 1. The first-order valence-corrected chi connectivity index (χ1v) is 8.35. The third-order valence-corrected chi connectivity index (χ3v) is 5.16. The fourth-order valence-electron chi connectivity index (χ4n) is 1.48. The molecule has 0 saturated heterocycles. The average molecular weight is 333 g/mol. The van der Waals surface area contributed by atoms with Crippen LogP contribution < -0.4 is 4.72 Å². The van der Waals surface area contributed by atoms with Gasteiger partial charge in [-0.3, -0.25) is 4.72 Å². The van der Waals surface area contributed by atoms with Gasteiger partial charge in [0.2, 0.25) is 0 Å². The quantitative estimate of drug-likeness (QED) is 0.912. The molecule has 0 spiro atoms. The van der Waals surface area contributed by atoms with E-state index in [4.69, 9.17) is 11.6 Å². The van der Waals surface area contributed by atoms with Crippen molar-refractivity contribution in [1.29, 1.82) is 0 Å². The second-order valence-corrected chi connectivity index (χ2v) is 7.13. The monoisotopic (exact) mass is 332 g/mol. The molecule has 2 rings (SSSR count). The van der Waals surface area contributed by atoms with E-state index in [2.05, 4.69) is 14.3 Å².